The minimum absolute atomic E-state index is 0.171. The number of benzene rings is 1. The van der Waals surface area contributed by atoms with E-state index in [2.05, 4.69) is 4.98 Å². The summed E-state index contributed by atoms with van der Waals surface area (Å²) in [6.07, 6.45) is -0.242. The number of carbonyl (C=O) groups is 2. The van der Waals surface area contributed by atoms with Gasteiger partial charge in [-0.05, 0) is 19.3 Å². The van der Waals surface area contributed by atoms with Crippen molar-refractivity contribution < 1.29 is 19.4 Å². The van der Waals surface area contributed by atoms with E-state index in [4.69, 9.17) is 4.74 Å². The van der Waals surface area contributed by atoms with Gasteiger partial charge in [-0.1, -0.05) is 44.2 Å². The summed E-state index contributed by atoms with van der Waals surface area (Å²) in [5, 5.41) is 12.5. The zero-order valence-electron chi connectivity index (χ0n) is 15.9. The second-order valence-corrected chi connectivity index (χ2v) is 7.49. The highest BCUT2D eigenvalue weighted by Crippen LogP contribution is 2.24. The van der Waals surface area contributed by atoms with Crippen LogP contribution < -0.4 is 0 Å². The van der Waals surface area contributed by atoms with E-state index < -0.39 is 18.1 Å². The molecular weight excluding hydrogens is 364 g/mol. The molecule has 1 N–H and O–H groups in total. The van der Waals surface area contributed by atoms with Crippen LogP contribution in [0.4, 0.5) is 4.79 Å². The summed E-state index contributed by atoms with van der Waals surface area (Å²) in [7, 11) is 0. The predicted octanol–water partition coefficient (Wildman–Crippen LogP) is 4.31. The molecule has 0 bridgehead atoms. The van der Waals surface area contributed by atoms with Crippen molar-refractivity contribution in [1.82, 2.24) is 9.88 Å². The second-order valence-electron chi connectivity index (χ2n) is 6.63. The van der Waals surface area contributed by atoms with E-state index in [9.17, 15) is 14.7 Å². The first kappa shape index (κ1) is 20.9. The van der Waals surface area contributed by atoms with Crippen molar-refractivity contribution in [3.05, 3.63) is 41.4 Å². The molecule has 0 spiro atoms. The van der Waals surface area contributed by atoms with Crippen molar-refractivity contribution >= 4 is 23.4 Å². The lowest BCUT2D eigenvalue weighted by Gasteiger charge is -2.28. The van der Waals surface area contributed by atoms with E-state index in [1.807, 2.05) is 49.6 Å². The van der Waals surface area contributed by atoms with E-state index in [-0.39, 0.29) is 19.1 Å². The summed E-state index contributed by atoms with van der Waals surface area (Å²) in [4.78, 5) is 29.8. The van der Waals surface area contributed by atoms with Gasteiger partial charge in [0.15, 0.2) is 0 Å². The first-order chi connectivity index (χ1) is 12.9. The summed E-state index contributed by atoms with van der Waals surface area (Å²) >= 11 is 1.53. The highest BCUT2D eigenvalue weighted by Gasteiger charge is 2.31. The normalized spacial score (nSPS) is 12.0. The molecule has 2 aromatic rings. The van der Waals surface area contributed by atoms with Gasteiger partial charge >= 0.3 is 12.1 Å². The third-order valence-corrected chi connectivity index (χ3v) is 5.00. The first-order valence-electron chi connectivity index (χ1n) is 9.08. The number of carbonyl (C=O) groups excluding carboxylic acids is 1. The molecule has 1 atom stereocenters. The van der Waals surface area contributed by atoms with Gasteiger partial charge in [0, 0.05) is 23.9 Å². The van der Waals surface area contributed by atoms with Crippen LogP contribution in [0, 0.1) is 5.92 Å². The quantitative estimate of drug-likeness (QED) is 0.645. The Morgan fingerprint density at radius 3 is 2.56 bits per heavy atom. The molecule has 1 amide bonds. The van der Waals surface area contributed by atoms with Crippen LogP contribution in [-0.4, -0.2) is 46.2 Å². The van der Waals surface area contributed by atoms with Gasteiger partial charge < -0.3 is 9.84 Å². The number of amides is 1. The Hall–Kier alpha value is -2.41. The van der Waals surface area contributed by atoms with Gasteiger partial charge in [0.1, 0.15) is 11.0 Å². The van der Waals surface area contributed by atoms with E-state index in [1.165, 1.54) is 16.2 Å². The maximum atomic E-state index is 12.3. The van der Waals surface area contributed by atoms with Gasteiger partial charge in [-0.25, -0.2) is 14.6 Å². The van der Waals surface area contributed by atoms with Crippen molar-refractivity contribution in [3.8, 4) is 10.6 Å². The van der Waals surface area contributed by atoms with Gasteiger partial charge in [-0.3, -0.25) is 4.90 Å². The van der Waals surface area contributed by atoms with Crippen molar-refractivity contribution in [3.63, 3.8) is 0 Å². The van der Waals surface area contributed by atoms with E-state index in [1.54, 1.807) is 6.92 Å². The number of thiazole rings is 1. The number of carboxylic acid groups (broad SMARTS) is 1. The molecule has 0 saturated heterocycles. The predicted molar refractivity (Wildman–Crippen MR) is 106 cm³/mol. The van der Waals surface area contributed by atoms with Crippen LogP contribution in [0.5, 0.6) is 0 Å². The number of esters is 1. The number of aromatic nitrogens is 1. The zero-order valence-corrected chi connectivity index (χ0v) is 16.7. The Balaban J connectivity index is 2.10. The van der Waals surface area contributed by atoms with Crippen LogP contribution in [0.15, 0.2) is 35.7 Å². The van der Waals surface area contributed by atoms with Crippen molar-refractivity contribution in [2.24, 2.45) is 5.92 Å². The molecule has 0 saturated carbocycles. The fraction of sp³-hybridized carbons (Fsp3) is 0.450. The number of hydrogen-bond donors (Lipinski definition) is 1. The lowest BCUT2D eigenvalue weighted by molar-refractivity contribution is -0.149. The number of ether oxygens (including phenoxy) is 1. The Morgan fingerprint density at radius 2 is 1.96 bits per heavy atom. The van der Waals surface area contributed by atoms with Gasteiger partial charge in [0.2, 0.25) is 0 Å². The van der Waals surface area contributed by atoms with Gasteiger partial charge in [-0.15, -0.1) is 11.3 Å². The molecule has 146 valence electrons. The second kappa shape index (κ2) is 10.1. The standard InChI is InChI=1S/C20H26N2O4S/c1-4-26-19(23)17(12-14(2)3)22(20(24)25)11-10-16-13-27-18(21-16)15-8-6-5-7-9-15/h5-9,13-14,17H,4,10-12H2,1-3H3,(H,24,25). The van der Waals surface area contributed by atoms with Crippen molar-refractivity contribution in [2.75, 3.05) is 13.2 Å². The third kappa shape index (κ3) is 6.06. The van der Waals surface area contributed by atoms with Gasteiger partial charge in [0.25, 0.3) is 0 Å². The Bertz CT molecular complexity index is 745. The highest BCUT2D eigenvalue weighted by molar-refractivity contribution is 7.13. The Labute approximate surface area is 163 Å². The molecule has 0 aliphatic heterocycles. The van der Waals surface area contributed by atoms with Crippen LogP contribution in [0.25, 0.3) is 10.6 Å². The summed E-state index contributed by atoms with van der Waals surface area (Å²) in [5.41, 5.74) is 1.85. The zero-order chi connectivity index (χ0) is 19.8. The summed E-state index contributed by atoms with van der Waals surface area (Å²) in [6, 6.07) is 9.05. The molecule has 1 aromatic heterocycles. The Kier molecular flexibility index (Phi) is 7.79. The van der Waals surface area contributed by atoms with Crippen LogP contribution in [0.1, 0.15) is 32.9 Å². The molecule has 0 aliphatic rings. The monoisotopic (exact) mass is 390 g/mol. The van der Waals surface area contributed by atoms with Crippen molar-refractivity contribution in [2.45, 2.75) is 39.7 Å². The van der Waals surface area contributed by atoms with E-state index >= 15 is 0 Å². The Morgan fingerprint density at radius 1 is 1.26 bits per heavy atom. The fourth-order valence-corrected chi connectivity index (χ4v) is 3.65. The van der Waals surface area contributed by atoms with Crippen LogP contribution >= 0.6 is 11.3 Å². The topological polar surface area (TPSA) is 79.7 Å². The summed E-state index contributed by atoms with van der Waals surface area (Å²) < 4.78 is 5.09. The van der Waals surface area contributed by atoms with Crippen molar-refractivity contribution in [1.29, 1.82) is 0 Å². The molecule has 0 radical (unpaired) electrons. The van der Waals surface area contributed by atoms with Crippen LogP contribution in [0.2, 0.25) is 0 Å². The first-order valence-corrected chi connectivity index (χ1v) is 9.96. The number of rotatable bonds is 9. The largest absolute Gasteiger partial charge is 0.465 e. The maximum absolute atomic E-state index is 12.3. The minimum Gasteiger partial charge on any atom is -0.465 e. The number of nitrogens with zero attached hydrogens (tertiary/aromatic N) is 2. The lowest BCUT2D eigenvalue weighted by atomic mass is 10.0. The summed E-state index contributed by atoms with van der Waals surface area (Å²) in [6.45, 7) is 6.06. The molecule has 1 aromatic carbocycles. The van der Waals surface area contributed by atoms with E-state index in [0.29, 0.717) is 12.8 Å². The lowest BCUT2D eigenvalue weighted by Crippen LogP contribution is -2.47. The highest BCUT2D eigenvalue weighted by atomic mass is 32.1. The van der Waals surface area contributed by atoms with Crippen LogP contribution in [0.3, 0.4) is 0 Å². The SMILES string of the molecule is CCOC(=O)C(CC(C)C)N(CCc1csc(-c2ccccc2)n1)C(=O)O. The molecule has 1 unspecified atom stereocenters. The van der Waals surface area contributed by atoms with Gasteiger partial charge in [0.05, 0.1) is 12.3 Å². The maximum Gasteiger partial charge on any atom is 0.408 e. The molecule has 0 aliphatic carbocycles. The van der Waals surface area contributed by atoms with E-state index in [0.717, 1.165) is 16.3 Å². The average molecular weight is 391 g/mol. The molecule has 2 rings (SSSR count). The fourth-order valence-electron chi connectivity index (χ4n) is 2.79. The molecule has 27 heavy (non-hydrogen) atoms. The smallest absolute Gasteiger partial charge is 0.408 e. The third-order valence-electron chi connectivity index (χ3n) is 4.06. The van der Waals surface area contributed by atoms with Gasteiger partial charge in [-0.2, -0.15) is 0 Å². The summed E-state index contributed by atoms with van der Waals surface area (Å²) in [5.74, 6) is -0.318. The molecular formula is C20H26N2O4S. The average Bonchev–Trinajstić information content (AvgIpc) is 3.10. The van der Waals surface area contributed by atoms with Crippen LogP contribution in [-0.2, 0) is 16.0 Å². The minimum atomic E-state index is -1.12. The number of hydrogen-bond acceptors (Lipinski definition) is 5. The molecule has 7 heteroatoms. The molecule has 6 nitrogen and oxygen atoms in total. The molecule has 0 fully saturated rings. The molecule has 1 heterocycles.